The monoisotopic (exact) mass is 213 g/mol. The highest BCUT2D eigenvalue weighted by molar-refractivity contribution is 7.91. The van der Waals surface area contributed by atoms with E-state index in [1.54, 1.807) is 0 Å². The van der Waals surface area contributed by atoms with Gasteiger partial charge in [-0.05, 0) is 32.4 Å². The van der Waals surface area contributed by atoms with Crippen LogP contribution in [0.15, 0.2) is 0 Å². The van der Waals surface area contributed by atoms with E-state index in [0.717, 1.165) is 19.4 Å². The van der Waals surface area contributed by atoms with E-state index in [2.05, 4.69) is 5.32 Å². The standard InChI is InChI=1S/C7H15NO2S.ClH/c1-8-6-7-2-4-11(9,10)5-3-7;/h7-8H,2-6H2,1H3;1H. The summed E-state index contributed by atoms with van der Waals surface area (Å²) in [5.41, 5.74) is 0. The number of sulfone groups is 1. The van der Waals surface area contributed by atoms with Gasteiger partial charge in [-0.1, -0.05) is 0 Å². The molecule has 1 aliphatic rings. The molecule has 5 heteroatoms. The maximum absolute atomic E-state index is 11.0. The van der Waals surface area contributed by atoms with Crippen LogP contribution < -0.4 is 5.32 Å². The second-order valence-electron chi connectivity index (χ2n) is 3.15. The molecule has 1 aliphatic heterocycles. The van der Waals surface area contributed by atoms with Crippen LogP contribution in [0.2, 0.25) is 0 Å². The maximum Gasteiger partial charge on any atom is 0.150 e. The highest BCUT2D eigenvalue weighted by atomic mass is 35.5. The molecule has 3 nitrogen and oxygen atoms in total. The van der Waals surface area contributed by atoms with Gasteiger partial charge in [-0.3, -0.25) is 0 Å². The maximum atomic E-state index is 11.0. The smallest absolute Gasteiger partial charge is 0.150 e. The van der Waals surface area contributed by atoms with Crippen LogP contribution in [-0.4, -0.2) is 33.5 Å². The Hall–Kier alpha value is 0.200. The van der Waals surface area contributed by atoms with Crippen LogP contribution in [0.5, 0.6) is 0 Å². The summed E-state index contributed by atoms with van der Waals surface area (Å²) >= 11 is 0. The summed E-state index contributed by atoms with van der Waals surface area (Å²) in [7, 11) is -0.756. The first kappa shape index (κ1) is 12.2. The fraction of sp³-hybridized carbons (Fsp3) is 1.00. The molecule has 0 atom stereocenters. The van der Waals surface area contributed by atoms with Crippen molar-refractivity contribution in [1.82, 2.24) is 5.32 Å². The molecule has 0 saturated carbocycles. The van der Waals surface area contributed by atoms with E-state index in [1.165, 1.54) is 0 Å². The van der Waals surface area contributed by atoms with Crippen LogP contribution in [0.1, 0.15) is 12.8 Å². The molecule has 0 aromatic heterocycles. The fourth-order valence-corrected chi connectivity index (χ4v) is 3.02. The third-order valence-corrected chi connectivity index (χ3v) is 3.88. The summed E-state index contributed by atoms with van der Waals surface area (Å²) < 4.78 is 22.0. The van der Waals surface area contributed by atoms with E-state index < -0.39 is 9.84 Å². The number of nitrogens with one attached hydrogen (secondary N) is 1. The normalized spacial score (nSPS) is 23.1. The second-order valence-corrected chi connectivity index (χ2v) is 5.46. The highest BCUT2D eigenvalue weighted by Gasteiger charge is 2.22. The molecule has 0 radical (unpaired) electrons. The first-order valence-corrected chi connectivity index (χ1v) is 5.81. The SMILES string of the molecule is CNCC1CCS(=O)(=O)CC1.Cl. The first-order valence-electron chi connectivity index (χ1n) is 3.99. The Bertz CT molecular complexity index is 201. The van der Waals surface area contributed by atoms with Crippen molar-refractivity contribution in [2.45, 2.75) is 12.8 Å². The Kier molecular flexibility index (Phi) is 5.13. The third-order valence-electron chi connectivity index (χ3n) is 2.17. The molecule has 0 spiro atoms. The van der Waals surface area contributed by atoms with Crippen LogP contribution in [0.3, 0.4) is 0 Å². The molecule has 1 N–H and O–H groups in total. The van der Waals surface area contributed by atoms with Crippen molar-refractivity contribution in [1.29, 1.82) is 0 Å². The molecule has 0 aliphatic carbocycles. The number of hydrogen-bond acceptors (Lipinski definition) is 3. The molecule has 74 valence electrons. The zero-order chi connectivity index (χ0) is 8.32. The van der Waals surface area contributed by atoms with Crippen molar-refractivity contribution < 1.29 is 8.42 Å². The number of rotatable bonds is 2. The Balaban J connectivity index is 0.00000121. The molecular formula is C7H16ClNO2S. The summed E-state index contributed by atoms with van der Waals surface area (Å²) in [6, 6.07) is 0. The molecule has 1 saturated heterocycles. The number of halogens is 1. The van der Waals surface area contributed by atoms with Gasteiger partial charge in [0.1, 0.15) is 9.84 Å². The molecule has 0 unspecified atom stereocenters. The van der Waals surface area contributed by atoms with E-state index in [9.17, 15) is 8.42 Å². The predicted octanol–water partition coefficient (Wildman–Crippen LogP) is 0.452. The summed E-state index contributed by atoms with van der Waals surface area (Å²) in [6.07, 6.45) is 1.67. The van der Waals surface area contributed by atoms with Gasteiger partial charge in [0.05, 0.1) is 11.5 Å². The molecule has 1 fully saturated rings. The van der Waals surface area contributed by atoms with Gasteiger partial charge < -0.3 is 5.32 Å². The van der Waals surface area contributed by atoms with E-state index in [-0.39, 0.29) is 12.4 Å². The van der Waals surface area contributed by atoms with Crippen LogP contribution >= 0.6 is 12.4 Å². The summed E-state index contributed by atoms with van der Waals surface area (Å²) in [6.45, 7) is 0.954. The lowest BCUT2D eigenvalue weighted by Gasteiger charge is -2.20. The lowest BCUT2D eigenvalue weighted by molar-refractivity contribution is 0.448. The molecular weight excluding hydrogens is 198 g/mol. The molecule has 1 rings (SSSR count). The van der Waals surface area contributed by atoms with Crippen LogP contribution in [0, 0.1) is 5.92 Å². The zero-order valence-electron chi connectivity index (χ0n) is 7.25. The highest BCUT2D eigenvalue weighted by Crippen LogP contribution is 2.17. The fourth-order valence-electron chi connectivity index (χ4n) is 1.43. The van der Waals surface area contributed by atoms with E-state index in [4.69, 9.17) is 0 Å². The average molecular weight is 214 g/mol. The van der Waals surface area contributed by atoms with E-state index in [0.29, 0.717) is 17.4 Å². The molecule has 0 aromatic carbocycles. The third kappa shape index (κ3) is 3.74. The Labute approximate surface area is 80.3 Å². The van der Waals surface area contributed by atoms with Gasteiger partial charge in [-0.25, -0.2) is 8.42 Å². The average Bonchev–Trinajstić information content (AvgIpc) is 1.94. The summed E-state index contributed by atoms with van der Waals surface area (Å²) in [5, 5.41) is 3.07. The predicted molar refractivity (Wildman–Crippen MR) is 52.6 cm³/mol. The van der Waals surface area contributed by atoms with Crippen molar-refractivity contribution >= 4 is 22.2 Å². The van der Waals surface area contributed by atoms with E-state index >= 15 is 0 Å². The topological polar surface area (TPSA) is 46.2 Å². The van der Waals surface area contributed by atoms with Gasteiger partial charge >= 0.3 is 0 Å². The van der Waals surface area contributed by atoms with E-state index in [1.807, 2.05) is 7.05 Å². The quantitative estimate of drug-likeness (QED) is 0.725. The molecule has 0 amide bonds. The van der Waals surface area contributed by atoms with Gasteiger partial charge in [-0.15, -0.1) is 12.4 Å². The van der Waals surface area contributed by atoms with Crippen molar-refractivity contribution in [3.05, 3.63) is 0 Å². The molecule has 0 bridgehead atoms. The minimum Gasteiger partial charge on any atom is -0.319 e. The minimum atomic E-state index is -2.66. The minimum absolute atomic E-state index is 0. The van der Waals surface area contributed by atoms with Crippen molar-refractivity contribution in [3.63, 3.8) is 0 Å². The van der Waals surface area contributed by atoms with Crippen molar-refractivity contribution in [2.75, 3.05) is 25.1 Å². The van der Waals surface area contributed by atoms with Crippen molar-refractivity contribution in [2.24, 2.45) is 5.92 Å². The van der Waals surface area contributed by atoms with Gasteiger partial charge in [0.2, 0.25) is 0 Å². The Morgan fingerprint density at radius 1 is 1.33 bits per heavy atom. The lowest BCUT2D eigenvalue weighted by atomic mass is 10.0. The summed E-state index contributed by atoms with van der Waals surface area (Å²) in [4.78, 5) is 0. The number of hydrogen-bond donors (Lipinski definition) is 1. The lowest BCUT2D eigenvalue weighted by Crippen LogP contribution is -2.29. The molecule has 1 heterocycles. The molecule has 12 heavy (non-hydrogen) atoms. The van der Waals surface area contributed by atoms with Crippen LogP contribution in [-0.2, 0) is 9.84 Å². The van der Waals surface area contributed by atoms with Crippen LogP contribution in [0.4, 0.5) is 0 Å². The zero-order valence-corrected chi connectivity index (χ0v) is 8.88. The van der Waals surface area contributed by atoms with Gasteiger partial charge in [0.25, 0.3) is 0 Å². The van der Waals surface area contributed by atoms with Gasteiger partial charge in [0.15, 0.2) is 0 Å². The van der Waals surface area contributed by atoms with Gasteiger partial charge in [-0.2, -0.15) is 0 Å². The Morgan fingerprint density at radius 2 is 1.83 bits per heavy atom. The summed E-state index contributed by atoms with van der Waals surface area (Å²) in [5.74, 6) is 1.35. The largest absolute Gasteiger partial charge is 0.319 e. The van der Waals surface area contributed by atoms with Crippen molar-refractivity contribution in [3.8, 4) is 0 Å². The first-order chi connectivity index (χ1) is 5.14. The second kappa shape index (κ2) is 5.04. The van der Waals surface area contributed by atoms with Gasteiger partial charge in [0, 0.05) is 0 Å². The molecule has 0 aromatic rings. The Morgan fingerprint density at radius 3 is 2.25 bits per heavy atom. The van der Waals surface area contributed by atoms with Crippen LogP contribution in [0.25, 0.3) is 0 Å².